The molecule has 3 N–H and O–H groups in total. The summed E-state index contributed by atoms with van der Waals surface area (Å²) in [6.45, 7) is 5.71. The van der Waals surface area contributed by atoms with Crippen molar-refractivity contribution in [2.45, 2.75) is 52.2 Å². The van der Waals surface area contributed by atoms with E-state index in [4.69, 9.17) is 5.73 Å². The van der Waals surface area contributed by atoms with Crippen molar-refractivity contribution in [2.24, 2.45) is 17.1 Å². The topological polar surface area (TPSA) is 77.0 Å². The first-order chi connectivity index (χ1) is 8.57. The van der Waals surface area contributed by atoms with Crippen molar-refractivity contribution >= 4 is 0 Å². The predicted octanol–water partition coefficient (Wildman–Crippen LogP) is 0.966. The summed E-state index contributed by atoms with van der Waals surface area (Å²) in [6, 6.07) is 0. The van der Waals surface area contributed by atoms with E-state index in [0.717, 1.165) is 38.1 Å². The maximum Gasteiger partial charge on any atom is 0.138 e. The normalized spacial score (nSPS) is 28.2. The number of aliphatic hydroxyl groups is 1. The van der Waals surface area contributed by atoms with Gasteiger partial charge < -0.3 is 10.8 Å². The highest BCUT2D eigenvalue weighted by molar-refractivity contribution is 5.01. The van der Waals surface area contributed by atoms with Gasteiger partial charge in [0.1, 0.15) is 12.2 Å². The molecule has 1 aliphatic rings. The van der Waals surface area contributed by atoms with Crippen LogP contribution in [-0.2, 0) is 13.0 Å². The van der Waals surface area contributed by atoms with E-state index in [9.17, 15) is 5.11 Å². The number of aromatic nitrogens is 3. The fraction of sp³-hybridized carbons (Fsp3) is 0.846. The summed E-state index contributed by atoms with van der Waals surface area (Å²) in [4.78, 5) is 4.35. The van der Waals surface area contributed by atoms with Crippen molar-refractivity contribution in [1.82, 2.24) is 14.8 Å². The average Bonchev–Trinajstić information content (AvgIpc) is 2.88. The van der Waals surface area contributed by atoms with Crippen LogP contribution in [0.15, 0.2) is 6.33 Å². The van der Waals surface area contributed by atoms with Gasteiger partial charge in [-0.1, -0.05) is 20.3 Å². The van der Waals surface area contributed by atoms with Gasteiger partial charge in [0.25, 0.3) is 0 Å². The number of hydrogen-bond acceptors (Lipinski definition) is 4. The van der Waals surface area contributed by atoms with Crippen LogP contribution >= 0.6 is 0 Å². The monoisotopic (exact) mass is 252 g/mol. The highest BCUT2D eigenvalue weighted by Gasteiger charge is 2.41. The van der Waals surface area contributed by atoms with Gasteiger partial charge in [-0.15, -0.1) is 0 Å². The minimum absolute atomic E-state index is 0.193. The summed E-state index contributed by atoms with van der Waals surface area (Å²) in [5, 5.41) is 14.4. The van der Waals surface area contributed by atoms with Crippen LogP contribution in [0.2, 0.25) is 0 Å². The summed E-state index contributed by atoms with van der Waals surface area (Å²) in [7, 11) is 0. The second kappa shape index (κ2) is 5.36. The molecular weight excluding hydrogens is 228 g/mol. The maximum atomic E-state index is 10.2. The first kappa shape index (κ1) is 13.5. The fourth-order valence-electron chi connectivity index (χ4n) is 2.88. The molecule has 2 rings (SSSR count). The van der Waals surface area contributed by atoms with Crippen molar-refractivity contribution in [1.29, 1.82) is 0 Å². The fourth-order valence-corrected chi connectivity index (χ4v) is 2.88. The molecule has 0 saturated heterocycles. The maximum absolute atomic E-state index is 10.2. The van der Waals surface area contributed by atoms with Crippen LogP contribution in [0.25, 0.3) is 0 Å². The number of nitrogens with two attached hydrogens (primary N) is 1. The lowest BCUT2D eigenvalue weighted by Crippen LogP contribution is -2.40. The molecule has 1 heterocycles. The van der Waals surface area contributed by atoms with Gasteiger partial charge in [0.15, 0.2) is 0 Å². The molecule has 0 aliphatic heterocycles. The molecule has 1 saturated carbocycles. The molecule has 1 fully saturated rings. The Kier molecular flexibility index (Phi) is 4.02. The summed E-state index contributed by atoms with van der Waals surface area (Å²) in [5.41, 5.74) is 5.72. The first-order valence-electron chi connectivity index (χ1n) is 6.82. The van der Waals surface area contributed by atoms with E-state index in [1.54, 1.807) is 6.33 Å². The van der Waals surface area contributed by atoms with Crippen molar-refractivity contribution < 1.29 is 5.11 Å². The standard InChI is InChI=1S/C13H24N4O/c1-10(2)7-17-12(15-9-16-17)6-13(8-14)5-3-4-11(13)18/h9-11,18H,3-8,14H2,1-2H3. The predicted molar refractivity (Wildman–Crippen MR) is 69.9 cm³/mol. The van der Waals surface area contributed by atoms with Gasteiger partial charge >= 0.3 is 0 Å². The Morgan fingerprint density at radius 3 is 2.94 bits per heavy atom. The Morgan fingerprint density at radius 2 is 2.39 bits per heavy atom. The quantitative estimate of drug-likeness (QED) is 0.818. The number of nitrogens with zero attached hydrogens (tertiary/aromatic N) is 3. The molecule has 0 spiro atoms. The summed E-state index contributed by atoms with van der Waals surface area (Å²) in [6.07, 6.45) is 4.93. The lowest BCUT2D eigenvalue weighted by molar-refractivity contribution is 0.0564. The van der Waals surface area contributed by atoms with Crippen LogP contribution in [0, 0.1) is 11.3 Å². The summed E-state index contributed by atoms with van der Waals surface area (Å²) >= 11 is 0. The van der Waals surface area contributed by atoms with Crippen molar-refractivity contribution in [3.63, 3.8) is 0 Å². The summed E-state index contributed by atoms with van der Waals surface area (Å²) in [5.74, 6) is 1.49. The second-order valence-corrected chi connectivity index (χ2v) is 5.90. The molecule has 2 atom stereocenters. The average molecular weight is 252 g/mol. The van der Waals surface area contributed by atoms with E-state index in [0.29, 0.717) is 12.5 Å². The number of hydrogen-bond donors (Lipinski definition) is 2. The minimum Gasteiger partial charge on any atom is -0.392 e. The molecule has 0 bridgehead atoms. The third kappa shape index (κ3) is 2.57. The zero-order valence-corrected chi connectivity index (χ0v) is 11.3. The van der Waals surface area contributed by atoms with Crippen molar-refractivity contribution in [2.75, 3.05) is 6.54 Å². The van der Waals surface area contributed by atoms with E-state index in [2.05, 4.69) is 23.9 Å². The van der Waals surface area contributed by atoms with Gasteiger partial charge in [0.05, 0.1) is 6.10 Å². The zero-order valence-electron chi connectivity index (χ0n) is 11.3. The second-order valence-electron chi connectivity index (χ2n) is 5.90. The smallest absolute Gasteiger partial charge is 0.138 e. The van der Waals surface area contributed by atoms with Crippen LogP contribution in [0.4, 0.5) is 0 Å². The lowest BCUT2D eigenvalue weighted by atomic mass is 9.80. The van der Waals surface area contributed by atoms with Gasteiger partial charge in [-0.25, -0.2) is 9.67 Å². The minimum atomic E-state index is -0.299. The molecule has 1 aliphatic carbocycles. The molecule has 1 aromatic rings. The van der Waals surface area contributed by atoms with Crippen molar-refractivity contribution in [3.8, 4) is 0 Å². The van der Waals surface area contributed by atoms with Crippen LogP contribution in [0.5, 0.6) is 0 Å². The molecule has 102 valence electrons. The zero-order chi connectivity index (χ0) is 13.2. The molecule has 5 heteroatoms. The highest BCUT2D eigenvalue weighted by atomic mass is 16.3. The third-order valence-electron chi connectivity index (χ3n) is 4.01. The van der Waals surface area contributed by atoms with Crippen molar-refractivity contribution in [3.05, 3.63) is 12.2 Å². The van der Waals surface area contributed by atoms with E-state index in [1.807, 2.05) is 4.68 Å². The Balaban J connectivity index is 2.15. The van der Waals surface area contributed by atoms with E-state index in [-0.39, 0.29) is 11.5 Å². The molecule has 1 aromatic heterocycles. The Bertz CT molecular complexity index is 390. The van der Waals surface area contributed by atoms with Crippen LogP contribution in [0.1, 0.15) is 38.9 Å². The summed E-state index contributed by atoms with van der Waals surface area (Å²) < 4.78 is 1.95. The van der Waals surface area contributed by atoms with Gasteiger partial charge in [-0.3, -0.25) is 0 Å². The van der Waals surface area contributed by atoms with Gasteiger partial charge in [-0.2, -0.15) is 5.10 Å². The van der Waals surface area contributed by atoms with E-state index < -0.39 is 0 Å². The molecule has 0 amide bonds. The highest BCUT2D eigenvalue weighted by Crippen LogP contribution is 2.40. The molecule has 5 nitrogen and oxygen atoms in total. The van der Waals surface area contributed by atoms with Crippen LogP contribution in [0.3, 0.4) is 0 Å². The Hall–Kier alpha value is -0.940. The Morgan fingerprint density at radius 1 is 1.61 bits per heavy atom. The van der Waals surface area contributed by atoms with Gasteiger partial charge in [0.2, 0.25) is 0 Å². The van der Waals surface area contributed by atoms with Gasteiger partial charge in [-0.05, 0) is 18.8 Å². The Labute approximate surface area is 108 Å². The van der Waals surface area contributed by atoms with Crippen LogP contribution in [-0.4, -0.2) is 32.5 Å². The van der Waals surface area contributed by atoms with Gasteiger partial charge in [0, 0.05) is 24.9 Å². The third-order valence-corrected chi connectivity index (χ3v) is 4.01. The van der Waals surface area contributed by atoms with Crippen LogP contribution < -0.4 is 5.73 Å². The molecule has 0 radical (unpaired) electrons. The first-order valence-corrected chi connectivity index (χ1v) is 6.82. The number of aliphatic hydroxyl groups excluding tert-OH is 1. The molecular formula is C13H24N4O. The largest absolute Gasteiger partial charge is 0.392 e. The number of rotatable bonds is 5. The molecule has 18 heavy (non-hydrogen) atoms. The molecule has 2 unspecified atom stereocenters. The van der Waals surface area contributed by atoms with E-state index in [1.165, 1.54) is 0 Å². The van der Waals surface area contributed by atoms with E-state index >= 15 is 0 Å². The SMILES string of the molecule is CC(C)Cn1ncnc1CC1(CN)CCCC1O. The lowest BCUT2D eigenvalue weighted by Gasteiger charge is -2.31. The molecule has 0 aromatic carbocycles.